The van der Waals surface area contributed by atoms with Crippen molar-refractivity contribution in [2.24, 2.45) is 0 Å². The Balaban J connectivity index is 1.80. The molecule has 96 valence electrons. The molecule has 0 aliphatic heterocycles. The van der Waals surface area contributed by atoms with E-state index in [1.54, 1.807) is 6.07 Å². The van der Waals surface area contributed by atoms with Crippen molar-refractivity contribution in [1.82, 2.24) is 9.78 Å². The Morgan fingerprint density at radius 3 is 2.94 bits per heavy atom. The smallest absolute Gasteiger partial charge is 0.145 e. The summed E-state index contributed by atoms with van der Waals surface area (Å²) in [5, 5.41) is 4.79. The Kier molecular flexibility index (Phi) is 4.10. The summed E-state index contributed by atoms with van der Waals surface area (Å²) >= 11 is 5.92. The molecule has 1 aromatic heterocycles. The highest BCUT2D eigenvalue weighted by molar-refractivity contribution is 6.30. The first-order chi connectivity index (χ1) is 8.65. The van der Waals surface area contributed by atoms with Crippen LogP contribution >= 0.6 is 11.6 Å². The molecule has 2 rings (SSSR count). The standard InChI is InChI=1S/C13H16ClN3O/c1-10-3-4-11(14)9-12(10)18-8-2-6-17-7-5-13(15)16-17/h3-5,7,9H,2,6,8H2,1H3,(H2,15,16). The first-order valence-corrected chi connectivity index (χ1v) is 6.21. The molecule has 4 nitrogen and oxygen atoms in total. The molecule has 0 aliphatic rings. The van der Waals surface area contributed by atoms with Gasteiger partial charge in [-0.25, -0.2) is 0 Å². The van der Waals surface area contributed by atoms with Crippen LogP contribution in [-0.2, 0) is 6.54 Å². The minimum Gasteiger partial charge on any atom is -0.493 e. The number of halogens is 1. The largest absolute Gasteiger partial charge is 0.493 e. The van der Waals surface area contributed by atoms with Crippen LogP contribution in [-0.4, -0.2) is 16.4 Å². The molecule has 2 N–H and O–H groups in total. The zero-order valence-electron chi connectivity index (χ0n) is 10.3. The summed E-state index contributed by atoms with van der Waals surface area (Å²) in [6.45, 7) is 3.41. The zero-order chi connectivity index (χ0) is 13.0. The van der Waals surface area contributed by atoms with Crippen LogP contribution in [0.4, 0.5) is 5.82 Å². The average Bonchev–Trinajstić information content (AvgIpc) is 2.75. The molecule has 0 saturated carbocycles. The van der Waals surface area contributed by atoms with Gasteiger partial charge in [0.2, 0.25) is 0 Å². The van der Waals surface area contributed by atoms with E-state index in [1.165, 1.54) is 0 Å². The lowest BCUT2D eigenvalue weighted by Gasteiger charge is -2.09. The Hall–Kier alpha value is -1.68. The summed E-state index contributed by atoms with van der Waals surface area (Å²) < 4.78 is 7.50. The van der Waals surface area contributed by atoms with Gasteiger partial charge < -0.3 is 10.5 Å². The molecule has 0 unspecified atom stereocenters. The molecule has 0 amide bonds. The van der Waals surface area contributed by atoms with Gasteiger partial charge in [-0.3, -0.25) is 4.68 Å². The molecule has 18 heavy (non-hydrogen) atoms. The van der Waals surface area contributed by atoms with E-state index in [0.29, 0.717) is 17.4 Å². The van der Waals surface area contributed by atoms with E-state index in [2.05, 4.69) is 5.10 Å². The Morgan fingerprint density at radius 1 is 1.39 bits per heavy atom. The molecule has 0 fully saturated rings. The van der Waals surface area contributed by atoms with Gasteiger partial charge in [0, 0.05) is 24.2 Å². The number of rotatable bonds is 5. The van der Waals surface area contributed by atoms with Gasteiger partial charge in [0.1, 0.15) is 11.6 Å². The maximum absolute atomic E-state index is 5.92. The van der Waals surface area contributed by atoms with Gasteiger partial charge in [-0.15, -0.1) is 0 Å². The van der Waals surface area contributed by atoms with Crippen molar-refractivity contribution in [2.75, 3.05) is 12.3 Å². The van der Waals surface area contributed by atoms with Gasteiger partial charge >= 0.3 is 0 Å². The highest BCUT2D eigenvalue weighted by Gasteiger charge is 2.01. The minimum absolute atomic E-state index is 0.543. The predicted molar refractivity (Wildman–Crippen MR) is 72.9 cm³/mol. The molecule has 0 bridgehead atoms. The molecule has 5 heteroatoms. The van der Waals surface area contributed by atoms with E-state index in [1.807, 2.05) is 36.0 Å². The minimum atomic E-state index is 0.543. The third-order valence-corrected chi connectivity index (χ3v) is 2.84. The van der Waals surface area contributed by atoms with Crippen LogP contribution in [0, 0.1) is 6.92 Å². The van der Waals surface area contributed by atoms with Crippen LogP contribution in [0.25, 0.3) is 0 Å². The number of nitrogen functional groups attached to an aromatic ring is 1. The van der Waals surface area contributed by atoms with Crippen LogP contribution in [0.1, 0.15) is 12.0 Å². The number of nitrogens with zero attached hydrogens (tertiary/aromatic N) is 2. The van der Waals surface area contributed by atoms with E-state index >= 15 is 0 Å². The average molecular weight is 266 g/mol. The lowest BCUT2D eigenvalue weighted by atomic mass is 10.2. The van der Waals surface area contributed by atoms with Gasteiger partial charge in [0.15, 0.2) is 0 Å². The number of aromatic nitrogens is 2. The fourth-order valence-electron chi connectivity index (χ4n) is 1.64. The lowest BCUT2D eigenvalue weighted by molar-refractivity contribution is 0.297. The lowest BCUT2D eigenvalue weighted by Crippen LogP contribution is -2.06. The van der Waals surface area contributed by atoms with Crippen molar-refractivity contribution < 1.29 is 4.74 Å². The summed E-state index contributed by atoms with van der Waals surface area (Å²) in [7, 11) is 0. The Bertz CT molecular complexity index is 525. The maximum Gasteiger partial charge on any atom is 0.145 e. The number of anilines is 1. The van der Waals surface area contributed by atoms with Crippen molar-refractivity contribution in [1.29, 1.82) is 0 Å². The number of hydrogen-bond acceptors (Lipinski definition) is 3. The molecule has 2 aromatic rings. The summed E-state index contributed by atoms with van der Waals surface area (Å²) in [6.07, 6.45) is 2.73. The van der Waals surface area contributed by atoms with Crippen LogP contribution in [0.15, 0.2) is 30.5 Å². The van der Waals surface area contributed by atoms with E-state index in [0.717, 1.165) is 24.3 Å². The second-order valence-electron chi connectivity index (χ2n) is 4.12. The summed E-state index contributed by atoms with van der Waals surface area (Å²) in [6, 6.07) is 7.42. The Labute approximate surface area is 111 Å². The quantitative estimate of drug-likeness (QED) is 0.846. The predicted octanol–water partition coefficient (Wildman–Crippen LogP) is 2.90. The van der Waals surface area contributed by atoms with Crippen molar-refractivity contribution in [3.05, 3.63) is 41.0 Å². The number of ether oxygens (including phenoxy) is 1. The molecule has 1 aromatic carbocycles. The molecule has 0 aliphatic carbocycles. The van der Waals surface area contributed by atoms with Crippen LogP contribution < -0.4 is 10.5 Å². The van der Waals surface area contributed by atoms with E-state index in [4.69, 9.17) is 22.1 Å². The van der Waals surface area contributed by atoms with Crippen LogP contribution in [0.3, 0.4) is 0 Å². The summed E-state index contributed by atoms with van der Waals surface area (Å²) in [4.78, 5) is 0. The van der Waals surface area contributed by atoms with Crippen molar-refractivity contribution in [3.63, 3.8) is 0 Å². The third-order valence-electron chi connectivity index (χ3n) is 2.60. The maximum atomic E-state index is 5.92. The van der Waals surface area contributed by atoms with Crippen molar-refractivity contribution >= 4 is 17.4 Å². The second kappa shape index (κ2) is 5.78. The van der Waals surface area contributed by atoms with Crippen LogP contribution in [0.2, 0.25) is 5.02 Å². The fraction of sp³-hybridized carbons (Fsp3) is 0.308. The van der Waals surface area contributed by atoms with E-state index in [9.17, 15) is 0 Å². The zero-order valence-corrected chi connectivity index (χ0v) is 11.0. The van der Waals surface area contributed by atoms with Crippen LogP contribution in [0.5, 0.6) is 5.75 Å². The monoisotopic (exact) mass is 265 g/mol. The Morgan fingerprint density at radius 2 is 2.22 bits per heavy atom. The summed E-state index contributed by atoms with van der Waals surface area (Å²) in [5.74, 6) is 1.38. The fourth-order valence-corrected chi connectivity index (χ4v) is 1.80. The van der Waals surface area contributed by atoms with E-state index in [-0.39, 0.29) is 0 Å². The SMILES string of the molecule is Cc1ccc(Cl)cc1OCCCn1ccc(N)n1. The highest BCUT2D eigenvalue weighted by Crippen LogP contribution is 2.22. The van der Waals surface area contributed by atoms with Gasteiger partial charge in [-0.2, -0.15) is 5.10 Å². The number of nitrogens with two attached hydrogens (primary N) is 1. The normalized spacial score (nSPS) is 10.6. The van der Waals surface area contributed by atoms with Gasteiger partial charge in [-0.05, 0) is 30.7 Å². The summed E-state index contributed by atoms with van der Waals surface area (Å²) in [5.41, 5.74) is 6.62. The number of benzene rings is 1. The van der Waals surface area contributed by atoms with E-state index < -0.39 is 0 Å². The molecule has 0 radical (unpaired) electrons. The number of hydrogen-bond donors (Lipinski definition) is 1. The molecular weight excluding hydrogens is 250 g/mol. The molecule has 0 saturated heterocycles. The molecule has 0 spiro atoms. The van der Waals surface area contributed by atoms with Gasteiger partial charge in [0.25, 0.3) is 0 Å². The number of aryl methyl sites for hydroxylation is 2. The van der Waals surface area contributed by atoms with Crippen molar-refractivity contribution in [3.8, 4) is 5.75 Å². The molecule has 1 heterocycles. The second-order valence-corrected chi connectivity index (χ2v) is 4.55. The first-order valence-electron chi connectivity index (χ1n) is 5.83. The van der Waals surface area contributed by atoms with Crippen molar-refractivity contribution in [2.45, 2.75) is 19.9 Å². The van der Waals surface area contributed by atoms with Gasteiger partial charge in [0.05, 0.1) is 6.61 Å². The topological polar surface area (TPSA) is 53.1 Å². The highest BCUT2D eigenvalue weighted by atomic mass is 35.5. The first kappa shape index (κ1) is 12.8. The third kappa shape index (κ3) is 3.40. The molecule has 0 atom stereocenters. The van der Waals surface area contributed by atoms with Gasteiger partial charge in [-0.1, -0.05) is 17.7 Å². The molecular formula is C13H16ClN3O.